The van der Waals surface area contributed by atoms with Gasteiger partial charge in [0.1, 0.15) is 5.84 Å². The molecule has 1 aliphatic heterocycles. The normalized spacial score (nSPS) is 21.9. The molecule has 0 aliphatic carbocycles. The van der Waals surface area contributed by atoms with E-state index in [0.29, 0.717) is 5.84 Å². The number of nitrogens with two attached hydrogens (primary N) is 1. The highest BCUT2D eigenvalue weighted by Crippen LogP contribution is 2.23. The van der Waals surface area contributed by atoms with Crippen LogP contribution in [0.2, 0.25) is 0 Å². The van der Waals surface area contributed by atoms with Gasteiger partial charge in [-0.2, -0.15) is 0 Å². The largest absolute Gasteiger partial charge is 0.409 e. The van der Waals surface area contributed by atoms with Crippen molar-refractivity contribution in [3.05, 3.63) is 0 Å². The van der Waals surface area contributed by atoms with Crippen LogP contribution < -0.4 is 5.73 Å². The molecule has 0 bridgehead atoms. The van der Waals surface area contributed by atoms with Crippen molar-refractivity contribution in [3.63, 3.8) is 0 Å². The van der Waals surface area contributed by atoms with Gasteiger partial charge in [-0.3, -0.25) is 4.90 Å². The van der Waals surface area contributed by atoms with E-state index in [9.17, 15) is 0 Å². The maximum atomic E-state index is 8.77. The van der Waals surface area contributed by atoms with Crippen molar-refractivity contribution in [2.75, 3.05) is 33.2 Å². The summed E-state index contributed by atoms with van der Waals surface area (Å²) >= 11 is 0. The first kappa shape index (κ1) is 17.2. The smallest absolute Gasteiger partial charge is 0.144 e. The molecule has 0 amide bonds. The summed E-state index contributed by atoms with van der Waals surface area (Å²) in [6.07, 6.45) is 4.67. The Morgan fingerprint density at radius 2 is 2.20 bits per heavy atom. The molecule has 0 radical (unpaired) electrons. The van der Waals surface area contributed by atoms with E-state index in [2.05, 4.69) is 28.9 Å². The fraction of sp³-hybridized carbons (Fsp3) is 0.933. The molecule has 5 heteroatoms. The lowest BCUT2D eigenvalue weighted by Crippen LogP contribution is -2.39. The summed E-state index contributed by atoms with van der Waals surface area (Å²) < 4.78 is 0. The van der Waals surface area contributed by atoms with Gasteiger partial charge in [-0.05, 0) is 52.4 Å². The predicted octanol–water partition coefficient (Wildman–Crippen LogP) is 1.96. The Balaban J connectivity index is 2.28. The molecule has 1 heterocycles. The van der Waals surface area contributed by atoms with Crippen LogP contribution in [0.25, 0.3) is 0 Å². The van der Waals surface area contributed by atoms with Gasteiger partial charge in [-0.25, -0.2) is 0 Å². The number of rotatable bonds is 8. The van der Waals surface area contributed by atoms with Crippen LogP contribution in [-0.4, -0.2) is 60.1 Å². The van der Waals surface area contributed by atoms with Gasteiger partial charge in [0.25, 0.3) is 0 Å². The van der Waals surface area contributed by atoms with Crippen LogP contribution in [0, 0.1) is 5.41 Å². The van der Waals surface area contributed by atoms with Gasteiger partial charge in [0.05, 0.1) is 0 Å². The van der Waals surface area contributed by atoms with Crippen molar-refractivity contribution in [2.24, 2.45) is 16.3 Å². The minimum absolute atomic E-state index is 0.224. The monoisotopic (exact) mass is 284 g/mol. The molecular weight excluding hydrogens is 252 g/mol. The quantitative estimate of drug-likeness (QED) is 0.309. The molecule has 20 heavy (non-hydrogen) atoms. The van der Waals surface area contributed by atoms with Crippen LogP contribution in [-0.2, 0) is 0 Å². The number of likely N-dealkylation sites (N-methyl/N-ethyl adjacent to an activating group) is 2. The Morgan fingerprint density at radius 3 is 2.80 bits per heavy atom. The molecule has 1 unspecified atom stereocenters. The summed E-state index contributed by atoms with van der Waals surface area (Å²) in [5.74, 6) is 0.327. The number of likely N-dealkylation sites (tertiary alicyclic amines) is 1. The molecule has 1 fully saturated rings. The molecule has 0 saturated carbocycles. The van der Waals surface area contributed by atoms with Crippen molar-refractivity contribution in [3.8, 4) is 0 Å². The molecule has 0 aromatic carbocycles. The van der Waals surface area contributed by atoms with E-state index in [0.717, 1.165) is 38.5 Å². The van der Waals surface area contributed by atoms with Crippen LogP contribution in [0.1, 0.15) is 46.5 Å². The molecule has 0 aromatic rings. The molecule has 1 rings (SSSR count). The third-order valence-electron chi connectivity index (χ3n) is 4.57. The molecule has 0 spiro atoms. The van der Waals surface area contributed by atoms with Crippen LogP contribution in [0.15, 0.2) is 5.16 Å². The number of oxime groups is 1. The van der Waals surface area contributed by atoms with Crippen LogP contribution in [0.5, 0.6) is 0 Å². The van der Waals surface area contributed by atoms with E-state index in [4.69, 9.17) is 10.9 Å². The standard InChI is InChI=1S/C15H32N4O/c1-5-19-11-6-8-13(19)12-18(4)10-7-9-15(2,3)14(16)17-20/h13,20H,5-12H2,1-4H3,(H2,16,17). The zero-order valence-electron chi connectivity index (χ0n) is 13.6. The predicted molar refractivity (Wildman–Crippen MR) is 84.2 cm³/mol. The molecule has 5 nitrogen and oxygen atoms in total. The second-order valence-electron chi connectivity index (χ2n) is 6.66. The topological polar surface area (TPSA) is 65.1 Å². The third kappa shape index (κ3) is 4.94. The van der Waals surface area contributed by atoms with Gasteiger partial charge in [-0.1, -0.05) is 25.9 Å². The Morgan fingerprint density at radius 1 is 1.50 bits per heavy atom. The van der Waals surface area contributed by atoms with Crippen molar-refractivity contribution >= 4 is 5.84 Å². The van der Waals surface area contributed by atoms with Gasteiger partial charge in [0.15, 0.2) is 0 Å². The van der Waals surface area contributed by atoms with Crippen molar-refractivity contribution in [1.82, 2.24) is 9.80 Å². The van der Waals surface area contributed by atoms with Crippen molar-refractivity contribution in [1.29, 1.82) is 0 Å². The second kappa shape index (κ2) is 7.84. The number of hydrogen-bond donors (Lipinski definition) is 2. The molecule has 0 aromatic heterocycles. The zero-order chi connectivity index (χ0) is 15.2. The van der Waals surface area contributed by atoms with Gasteiger partial charge in [0, 0.05) is 18.0 Å². The van der Waals surface area contributed by atoms with E-state index in [1.165, 1.54) is 19.4 Å². The van der Waals surface area contributed by atoms with Crippen LogP contribution >= 0.6 is 0 Å². The van der Waals surface area contributed by atoms with Crippen molar-refractivity contribution in [2.45, 2.75) is 52.5 Å². The lowest BCUT2D eigenvalue weighted by atomic mass is 9.86. The summed E-state index contributed by atoms with van der Waals surface area (Å²) in [7, 11) is 2.20. The summed E-state index contributed by atoms with van der Waals surface area (Å²) in [5, 5.41) is 11.9. The average molecular weight is 284 g/mol. The van der Waals surface area contributed by atoms with Gasteiger partial charge >= 0.3 is 0 Å². The lowest BCUT2D eigenvalue weighted by Gasteiger charge is -2.29. The van der Waals surface area contributed by atoms with Crippen molar-refractivity contribution < 1.29 is 5.21 Å². The van der Waals surface area contributed by atoms with E-state index >= 15 is 0 Å². The summed E-state index contributed by atoms with van der Waals surface area (Å²) in [6, 6.07) is 0.724. The fourth-order valence-electron chi connectivity index (χ4n) is 3.02. The average Bonchev–Trinajstić information content (AvgIpc) is 2.84. The molecule has 118 valence electrons. The molecule has 1 atom stereocenters. The molecular formula is C15H32N4O. The van der Waals surface area contributed by atoms with E-state index in [1.807, 2.05) is 13.8 Å². The Bertz CT molecular complexity index is 317. The SMILES string of the molecule is CCN1CCCC1CN(C)CCCC(C)(C)C(N)=NO. The minimum atomic E-state index is -0.224. The Hall–Kier alpha value is -0.810. The molecule has 3 N–H and O–H groups in total. The van der Waals surface area contributed by atoms with E-state index in [-0.39, 0.29) is 5.41 Å². The van der Waals surface area contributed by atoms with Gasteiger partial charge < -0.3 is 15.8 Å². The first-order valence-electron chi connectivity index (χ1n) is 7.81. The first-order chi connectivity index (χ1) is 9.40. The zero-order valence-corrected chi connectivity index (χ0v) is 13.6. The number of amidine groups is 1. The second-order valence-corrected chi connectivity index (χ2v) is 6.66. The Kier molecular flexibility index (Phi) is 6.76. The summed E-state index contributed by atoms with van der Waals surface area (Å²) in [6.45, 7) is 10.9. The first-order valence-corrected chi connectivity index (χ1v) is 7.81. The van der Waals surface area contributed by atoms with Gasteiger partial charge in [0.2, 0.25) is 0 Å². The molecule has 1 saturated heterocycles. The van der Waals surface area contributed by atoms with Gasteiger partial charge in [-0.15, -0.1) is 0 Å². The van der Waals surface area contributed by atoms with E-state index < -0.39 is 0 Å². The highest BCUT2D eigenvalue weighted by molar-refractivity contribution is 5.85. The van der Waals surface area contributed by atoms with Crippen LogP contribution in [0.3, 0.4) is 0 Å². The van der Waals surface area contributed by atoms with E-state index in [1.54, 1.807) is 0 Å². The summed E-state index contributed by atoms with van der Waals surface area (Å²) in [4.78, 5) is 5.00. The third-order valence-corrected chi connectivity index (χ3v) is 4.57. The summed E-state index contributed by atoms with van der Waals surface area (Å²) in [5.41, 5.74) is 5.49. The maximum Gasteiger partial charge on any atom is 0.144 e. The minimum Gasteiger partial charge on any atom is -0.409 e. The maximum absolute atomic E-state index is 8.77. The fourth-order valence-corrected chi connectivity index (χ4v) is 3.02. The molecule has 1 aliphatic rings. The number of hydrogen-bond acceptors (Lipinski definition) is 4. The van der Waals surface area contributed by atoms with Crippen LogP contribution in [0.4, 0.5) is 0 Å². The highest BCUT2D eigenvalue weighted by atomic mass is 16.4. The number of nitrogens with zero attached hydrogens (tertiary/aromatic N) is 3. The highest BCUT2D eigenvalue weighted by Gasteiger charge is 2.25. The lowest BCUT2D eigenvalue weighted by molar-refractivity contribution is 0.194. The Labute approximate surface area is 123 Å².